The fourth-order valence-electron chi connectivity index (χ4n) is 2.81. The summed E-state index contributed by atoms with van der Waals surface area (Å²) in [6.07, 6.45) is 3.35. The second-order valence-electron chi connectivity index (χ2n) is 6.31. The molecule has 3 nitrogen and oxygen atoms in total. The smallest absolute Gasteiger partial charge is 0.250 e. The van der Waals surface area contributed by atoms with Crippen LogP contribution in [0.3, 0.4) is 0 Å². The van der Waals surface area contributed by atoms with Crippen molar-refractivity contribution < 1.29 is 0 Å². The highest BCUT2D eigenvalue weighted by molar-refractivity contribution is 5.25. The van der Waals surface area contributed by atoms with Crippen molar-refractivity contribution in [2.45, 2.75) is 52.6 Å². The topological polar surface area (TPSA) is 34.0 Å². The minimum Gasteiger partial charge on any atom is -0.315 e. The van der Waals surface area contributed by atoms with Crippen molar-refractivity contribution in [2.24, 2.45) is 5.41 Å². The summed E-state index contributed by atoms with van der Waals surface area (Å²) in [7, 11) is 1.98. The van der Waals surface area contributed by atoms with E-state index in [4.69, 9.17) is 0 Å². The minimum absolute atomic E-state index is 0.139. The predicted octanol–water partition coefficient (Wildman–Crippen LogP) is 1.97. The maximum Gasteiger partial charge on any atom is 0.250 e. The van der Waals surface area contributed by atoms with Crippen LogP contribution in [0.25, 0.3) is 0 Å². The molecule has 3 heteroatoms. The van der Waals surface area contributed by atoms with Gasteiger partial charge >= 0.3 is 0 Å². The number of aromatic nitrogens is 1. The van der Waals surface area contributed by atoms with Gasteiger partial charge < -0.3 is 9.88 Å². The van der Waals surface area contributed by atoms with Crippen molar-refractivity contribution in [3.63, 3.8) is 0 Å². The van der Waals surface area contributed by atoms with Crippen LogP contribution < -0.4 is 10.9 Å². The van der Waals surface area contributed by atoms with Crippen molar-refractivity contribution in [1.82, 2.24) is 9.88 Å². The lowest BCUT2D eigenvalue weighted by Gasteiger charge is -2.31. The van der Waals surface area contributed by atoms with Crippen LogP contribution in [0.5, 0.6) is 0 Å². The van der Waals surface area contributed by atoms with Gasteiger partial charge in [-0.15, -0.1) is 0 Å². The highest BCUT2D eigenvalue weighted by atomic mass is 16.1. The van der Waals surface area contributed by atoms with Crippen LogP contribution in [0.1, 0.15) is 38.4 Å². The van der Waals surface area contributed by atoms with E-state index in [9.17, 15) is 4.79 Å². The predicted molar refractivity (Wildman–Crippen MR) is 75.0 cm³/mol. The molecule has 1 atom stereocenters. The SMILES string of the molecule is CNC(Cn1c2c(ccc1=O)CCC2)C(C)(C)C. The van der Waals surface area contributed by atoms with Gasteiger partial charge in [-0.3, -0.25) is 4.79 Å². The highest BCUT2D eigenvalue weighted by Crippen LogP contribution is 2.23. The van der Waals surface area contributed by atoms with Gasteiger partial charge in [-0.2, -0.15) is 0 Å². The molecule has 1 aromatic rings. The van der Waals surface area contributed by atoms with E-state index < -0.39 is 0 Å². The fraction of sp³-hybridized carbons (Fsp3) is 0.667. The third-order valence-corrected chi connectivity index (χ3v) is 4.01. The number of aryl methyl sites for hydroxylation is 1. The van der Waals surface area contributed by atoms with E-state index in [0.717, 1.165) is 19.4 Å². The standard InChI is InChI=1S/C15H24N2O/c1-15(2,3)13(16-4)10-17-12-7-5-6-11(12)8-9-14(17)18/h8-9,13,16H,5-7,10H2,1-4H3. The van der Waals surface area contributed by atoms with Gasteiger partial charge in [0.2, 0.25) is 0 Å². The van der Waals surface area contributed by atoms with Crippen molar-refractivity contribution in [3.8, 4) is 0 Å². The van der Waals surface area contributed by atoms with Crippen molar-refractivity contribution >= 4 is 0 Å². The molecule has 0 aromatic carbocycles. The van der Waals surface area contributed by atoms with Gasteiger partial charge in [-0.1, -0.05) is 26.8 Å². The Morgan fingerprint density at radius 1 is 1.33 bits per heavy atom. The Balaban J connectivity index is 2.35. The molecule has 0 amide bonds. The first kappa shape index (κ1) is 13.3. The fourth-order valence-corrected chi connectivity index (χ4v) is 2.81. The van der Waals surface area contributed by atoms with Gasteiger partial charge in [-0.25, -0.2) is 0 Å². The number of rotatable bonds is 3. The zero-order valence-corrected chi connectivity index (χ0v) is 11.9. The van der Waals surface area contributed by atoms with Crippen LogP contribution in [0.2, 0.25) is 0 Å². The molecule has 1 heterocycles. The molecule has 1 N–H and O–H groups in total. The Bertz CT molecular complexity index is 482. The molecule has 0 saturated heterocycles. The third kappa shape index (κ3) is 2.51. The Labute approximate surface area is 109 Å². The van der Waals surface area contributed by atoms with Crippen LogP contribution in [0, 0.1) is 5.41 Å². The molecule has 18 heavy (non-hydrogen) atoms. The number of fused-ring (bicyclic) bond motifs is 1. The van der Waals surface area contributed by atoms with Gasteiger partial charge in [0.05, 0.1) is 0 Å². The molecule has 1 unspecified atom stereocenters. The maximum absolute atomic E-state index is 12.1. The first-order chi connectivity index (χ1) is 8.43. The van der Waals surface area contributed by atoms with Crippen molar-refractivity contribution in [1.29, 1.82) is 0 Å². The molecule has 1 aliphatic carbocycles. The number of hydrogen-bond acceptors (Lipinski definition) is 2. The van der Waals surface area contributed by atoms with Gasteiger partial charge in [-0.05, 0) is 37.3 Å². The summed E-state index contributed by atoms with van der Waals surface area (Å²) in [6, 6.07) is 4.04. The molecule has 0 bridgehead atoms. The van der Waals surface area contributed by atoms with Gasteiger partial charge in [0, 0.05) is 24.3 Å². The van der Waals surface area contributed by atoms with Crippen LogP contribution in [-0.4, -0.2) is 17.7 Å². The molecular weight excluding hydrogens is 224 g/mol. The van der Waals surface area contributed by atoms with E-state index in [2.05, 4.69) is 26.1 Å². The largest absolute Gasteiger partial charge is 0.315 e. The molecule has 0 aliphatic heterocycles. The van der Waals surface area contributed by atoms with E-state index in [-0.39, 0.29) is 11.0 Å². The molecule has 0 fully saturated rings. The Hall–Kier alpha value is -1.09. The number of nitrogens with one attached hydrogen (secondary N) is 1. The van der Waals surface area contributed by atoms with E-state index in [1.165, 1.54) is 17.7 Å². The van der Waals surface area contributed by atoms with Crippen molar-refractivity contribution in [3.05, 3.63) is 33.7 Å². The average molecular weight is 248 g/mol. The molecular formula is C15H24N2O. The number of pyridine rings is 1. The minimum atomic E-state index is 0.139. The van der Waals surface area contributed by atoms with Gasteiger partial charge in [0.15, 0.2) is 0 Å². The summed E-state index contributed by atoms with van der Waals surface area (Å²) in [5.41, 5.74) is 2.90. The summed E-state index contributed by atoms with van der Waals surface area (Å²) < 4.78 is 1.98. The monoisotopic (exact) mass is 248 g/mol. The quantitative estimate of drug-likeness (QED) is 0.887. The zero-order chi connectivity index (χ0) is 13.3. The van der Waals surface area contributed by atoms with Gasteiger partial charge in [0.1, 0.15) is 0 Å². The second-order valence-corrected chi connectivity index (χ2v) is 6.31. The summed E-state index contributed by atoms with van der Waals surface area (Å²) in [4.78, 5) is 12.1. The number of hydrogen-bond donors (Lipinski definition) is 1. The third-order valence-electron chi connectivity index (χ3n) is 4.01. The second kappa shape index (κ2) is 4.88. The molecule has 2 rings (SSSR count). The molecule has 0 saturated carbocycles. The maximum atomic E-state index is 12.1. The number of likely N-dealkylation sites (N-methyl/N-ethyl adjacent to an activating group) is 1. The molecule has 100 valence electrons. The number of nitrogens with zero attached hydrogens (tertiary/aromatic N) is 1. The molecule has 1 aliphatic rings. The average Bonchev–Trinajstić information content (AvgIpc) is 2.74. The molecule has 0 radical (unpaired) electrons. The molecule has 0 spiro atoms. The summed E-state index contributed by atoms with van der Waals surface area (Å²) in [6.45, 7) is 7.40. The van der Waals surface area contributed by atoms with E-state index in [1.54, 1.807) is 6.07 Å². The lowest BCUT2D eigenvalue weighted by Crippen LogP contribution is -2.44. The van der Waals surface area contributed by atoms with Crippen LogP contribution in [0.15, 0.2) is 16.9 Å². The lowest BCUT2D eigenvalue weighted by atomic mass is 9.86. The van der Waals surface area contributed by atoms with Crippen LogP contribution in [-0.2, 0) is 19.4 Å². The zero-order valence-electron chi connectivity index (χ0n) is 11.9. The summed E-state index contributed by atoms with van der Waals surface area (Å²) >= 11 is 0. The van der Waals surface area contributed by atoms with E-state index in [0.29, 0.717) is 6.04 Å². The molecule has 1 aromatic heterocycles. The van der Waals surface area contributed by atoms with Crippen LogP contribution in [0.4, 0.5) is 0 Å². The first-order valence-corrected chi connectivity index (χ1v) is 6.82. The van der Waals surface area contributed by atoms with E-state index in [1.807, 2.05) is 17.7 Å². The summed E-state index contributed by atoms with van der Waals surface area (Å²) in [5.74, 6) is 0. The summed E-state index contributed by atoms with van der Waals surface area (Å²) in [5, 5.41) is 3.35. The Kier molecular flexibility index (Phi) is 3.62. The highest BCUT2D eigenvalue weighted by Gasteiger charge is 2.25. The first-order valence-electron chi connectivity index (χ1n) is 6.82. The lowest BCUT2D eigenvalue weighted by molar-refractivity contribution is 0.250. The van der Waals surface area contributed by atoms with E-state index >= 15 is 0 Å². The Morgan fingerprint density at radius 2 is 2.06 bits per heavy atom. The van der Waals surface area contributed by atoms with Crippen LogP contribution >= 0.6 is 0 Å². The normalized spacial score (nSPS) is 16.7. The van der Waals surface area contributed by atoms with Gasteiger partial charge in [0.25, 0.3) is 5.56 Å². The Morgan fingerprint density at radius 3 is 2.67 bits per heavy atom. The van der Waals surface area contributed by atoms with Crippen molar-refractivity contribution in [2.75, 3.05) is 7.05 Å².